The SMILES string of the molecule is C=C(C)C(=O)Oc1ccc(-c2ccc(-c3ccc(OC(=O)C(=C)C)cc3)o2)cc1. The number of furan rings is 1. The van der Waals surface area contributed by atoms with E-state index in [1.807, 2.05) is 36.4 Å². The summed E-state index contributed by atoms with van der Waals surface area (Å²) in [5.74, 6) is 1.30. The van der Waals surface area contributed by atoms with Crippen LogP contribution in [0.2, 0.25) is 0 Å². The normalized spacial score (nSPS) is 10.3. The molecule has 146 valence electrons. The lowest BCUT2D eigenvalue weighted by Gasteiger charge is -2.05. The third kappa shape index (κ3) is 4.90. The van der Waals surface area contributed by atoms with Gasteiger partial charge in [0.1, 0.15) is 23.0 Å². The lowest BCUT2D eigenvalue weighted by molar-refractivity contribution is -0.130. The van der Waals surface area contributed by atoms with Crippen molar-refractivity contribution in [2.45, 2.75) is 13.8 Å². The summed E-state index contributed by atoms with van der Waals surface area (Å²) in [4.78, 5) is 23.1. The molecule has 0 saturated heterocycles. The number of rotatable bonds is 6. The van der Waals surface area contributed by atoms with Crippen molar-refractivity contribution in [3.8, 4) is 34.1 Å². The second-order valence-corrected chi connectivity index (χ2v) is 6.55. The maximum absolute atomic E-state index is 11.6. The van der Waals surface area contributed by atoms with Gasteiger partial charge in [-0.05, 0) is 74.5 Å². The third-order valence-corrected chi connectivity index (χ3v) is 4.00. The van der Waals surface area contributed by atoms with Gasteiger partial charge in [0.2, 0.25) is 0 Å². The Labute approximate surface area is 168 Å². The van der Waals surface area contributed by atoms with Gasteiger partial charge in [-0.15, -0.1) is 0 Å². The molecule has 0 bridgehead atoms. The van der Waals surface area contributed by atoms with E-state index < -0.39 is 11.9 Å². The molecule has 5 heteroatoms. The average Bonchev–Trinajstić information content (AvgIpc) is 3.19. The van der Waals surface area contributed by atoms with Gasteiger partial charge in [0.25, 0.3) is 0 Å². The highest BCUT2D eigenvalue weighted by Gasteiger charge is 2.10. The molecule has 0 radical (unpaired) electrons. The van der Waals surface area contributed by atoms with Crippen LogP contribution in [0.5, 0.6) is 11.5 Å². The van der Waals surface area contributed by atoms with Gasteiger partial charge in [-0.25, -0.2) is 9.59 Å². The average molecular weight is 388 g/mol. The first kappa shape index (κ1) is 19.9. The van der Waals surface area contributed by atoms with Crippen LogP contribution in [0, 0.1) is 0 Å². The molecule has 1 heterocycles. The molecule has 0 saturated carbocycles. The van der Waals surface area contributed by atoms with E-state index in [0.29, 0.717) is 34.2 Å². The summed E-state index contributed by atoms with van der Waals surface area (Å²) >= 11 is 0. The zero-order valence-electron chi connectivity index (χ0n) is 16.2. The highest BCUT2D eigenvalue weighted by molar-refractivity contribution is 5.89. The number of benzene rings is 2. The quantitative estimate of drug-likeness (QED) is 0.313. The van der Waals surface area contributed by atoms with Crippen molar-refractivity contribution in [2.24, 2.45) is 0 Å². The first-order valence-electron chi connectivity index (χ1n) is 8.89. The number of ether oxygens (including phenoxy) is 2. The Kier molecular flexibility index (Phi) is 5.79. The zero-order chi connectivity index (χ0) is 21.0. The Morgan fingerprint density at radius 1 is 0.655 bits per heavy atom. The van der Waals surface area contributed by atoms with Crippen LogP contribution in [0.3, 0.4) is 0 Å². The highest BCUT2D eigenvalue weighted by atomic mass is 16.5. The summed E-state index contributed by atoms with van der Waals surface area (Å²) in [5.41, 5.74) is 2.37. The van der Waals surface area contributed by atoms with Crippen LogP contribution in [0.4, 0.5) is 0 Å². The smallest absolute Gasteiger partial charge is 0.338 e. The topological polar surface area (TPSA) is 65.7 Å². The van der Waals surface area contributed by atoms with E-state index in [2.05, 4.69) is 13.2 Å². The van der Waals surface area contributed by atoms with Crippen molar-refractivity contribution in [3.05, 3.63) is 85.0 Å². The molecule has 0 atom stereocenters. The van der Waals surface area contributed by atoms with Crippen LogP contribution in [0.1, 0.15) is 13.8 Å². The van der Waals surface area contributed by atoms with Crippen LogP contribution in [-0.2, 0) is 9.59 Å². The Balaban J connectivity index is 1.72. The van der Waals surface area contributed by atoms with Gasteiger partial charge in [0.05, 0.1) is 0 Å². The van der Waals surface area contributed by atoms with Gasteiger partial charge >= 0.3 is 11.9 Å². The molecule has 3 rings (SSSR count). The van der Waals surface area contributed by atoms with Crippen LogP contribution >= 0.6 is 0 Å². The molecule has 0 fully saturated rings. The van der Waals surface area contributed by atoms with Crippen LogP contribution in [0.25, 0.3) is 22.6 Å². The van der Waals surface area contributed by atoms with Crippen LogP contribution in [0.15, 0.2) is 89.4 Å². The molecule has 0 aliphatic rings. The summed E-state index contributed by atoms with van der Waals surface area (Å²) in [6.45, 7) is 10.3. The summed E-state index contributed by atoms with van der Waals surface area (Å²) in [5, 5.41) is 0. The fourth-order valence-electron chi connectivity index (χ4n) is 2.41. The monoisotopic (exact) mass is 388 g/mol. The molecule has 29 heavy (non-hydrogen) atoms. The van der Waals surface area contributed by atoms with E-state index in [9.17, 15) is 9.59 Å². The van der Waals surface area contributed by atoms with Crippen molar-refractivity contribution in [1.82, 2.24) is 0 Å². The maximum Gasteiger partial charge on any atom is 0.338 e. The Morgan fingerprint density at radius 3 is 1.31 bits per heavy atom. The van der Waals surface area contributed by atoms with Crippen molar-refractivity contribution in [3.63, 3.8) is 0 Å². The van der Waals surface area contributed by atoms with E-state index >= 15 is 0 Å². The van der Waals surface area contributed by atoms with Gasteiger partial charge in [0, 0.05) is 22.3 Å². The van der Waals surface area contributed by atoms with E-state index in [1.54, 1.807) is 38.1 Å². The molecule has 5 nitrogen and oxygen atoms in total. The molecule has 0 amide bonds. The number of hydrogen-bond donors (Lipinski definition) is 0. The van der Waals surface area contributed by atoms with E-state index in [1.165, 1.54) is 0 Å². The van der Waals surface area contributed by atoms with E-state index in [4.69, 9.17) is 13.9 Å². The molecule has 0 aliphatic carbocycles. The van der Waals surface area contributed by atoms with E-state index in [-0.39, 0.29) is 0 Å². The lowest BCUT2D eigenvalue weighted by Crippen LogP contribution is -2.07. The minimum Gasteiger partial charge on any atom is -0.456 e. The second kappa shape index (κ2) is 8.44. The molecular formula is C24H20O5. The standard InChI is InChI=1S/C24H20O5/c1-15(2)23(25)27-19-9-5-17(6-10-19)21-13-14-22(29-21)18-7-11-20(12-8-18)28-24(26)16(3)4/h5-14H,1,3H2,2,4H3. The predicted molar refractivity (Wildman–Crippen MR) is 110 cm³/mol. The summed E-state index contributed by atoms with van der Waals surface area (Å²) in [6, 6.07) is 17.7. The molecule has 0 aliphatic heterocycles. The van der Waals surface area contributed by atoms with Gasteiger partial charge < -0.3 is 13.9 Å². The largest absolute Gasteiger partial charge is 0.456 e. The summed E-state index contributed by atoms with van der Waals surface area (Å²) in [6.07, 6.45) is 0. The van der Waals surface area contributed by atoms with Crippen LogP contribution in [-0.4, -0.2) is 11.9 Å². The molecule has 0 N–H and O–H groups in total. The molecule has 1 aromatic heterocycles. The third-order valence-electron chi connectivity index (χ3n) is 4.00. The summed E-state index contributed by atoms with van der Waals surface area (Å²) in [7, 11) is 0. The zero-order valence-corrected chi connectivity index (χ0v) is 16.2. The lowest BCUT2D eigenvalue weighted by atomic mass is 10.1. The molecular weight excluding hydrogens is 368 g/mol. The van der Waals surface area contributed by atoms with Gasteiger partial charge in [0.15, 0.2) is 0 Å². The molecule has 0 unspecified atom stereocenters. The number of carbonyl (C=O) groups excluding carboxylic acids is 2. The van der Waals surface area contributed by atoms with E-state index in [0.717, 1.165) is 11.1 Å². The second-order valence-electron chi connectivity index (χ2n) is 6.55. The predicted octanol–water partition coefficient (Wildman–Crippen LogP) is 5.58. The highest BCUT2D eigenvalue weighted by Crippen LogP contribution is 2.30. The Morgan fingerprint density at radius 2 is 1.00 bits per heavy atom. The van der Waals surface area contributed by atoms with Gasteiger partial charge in [-0.3, -0.25) is 0 Å². The molecule has 3 aromatic rings. The number of carbonyl (C=O) groups is 2. The van der Waals surface area contributed by atoms with Crippen molar-refractivity contribution in [1.29, 1.82) is 0 Å². The van der Waals surface area contributed by atoms with Crippen molar-refractivity contribution < 1.29 is 23.5 Å². The first-order valence-corrected chi connectivity index (χ1v) is 8.89. The Bertz CT molecular complexity index is 983. The Hall–Kier alpha value is -3.86. The van der Waals surface area contributed by atoms with Crippen molar-refractivity contribution >= 4 is 11.9 Å². The minimum atomic E-state index is -0.463. The van der Waals surface area contributed by atoms with Crippen molar-refractivity contribution in [2.75, 3.05) is 0 Å². The van der Waals surface area contributed by atoms with Gasteiger partial charge in [-0.1, -0.05) is 13.2 Å². The number of hydrogen-bond acceptors (Lipinski definition) is 5. The van der Waals surface area contributed by atoms with Gasteiger partial charge in [-0.2, -0.15) is 0 Å². The molecule has 2 aromatic carbocycles. The number of esters is 2. The molecule has 0 spiro atoms. The fourth-order valence-corrected chi connectivity index (χ4v) is 2.41. The van der Waals surface area contributed by atoms with Crippen LogP contribution < -0.4 is 9.47 Å². The fraction of sp³-hybridized carbons (Fsp3) is 0.0833. The first-order chi connectivity index (χ1) is 13.8. The minimum absolute atomic E-state index is 0.338. The maximum atomic E-state index is 11.6. The summed E-state index contributed by atoms with van der Waals surface area (Å²) < 4.78 is 16.3.